The number of nitrogens with zero attached hydrogens (tertiary/aromatic N) is 3. The average Bonchev–Trinajstić information content (AvgIpc) is 3.33. The number of piperidine rings is 1. The lowest BCUT2D eigenvalue weighted by Crippen LogP contribution is -2.57. The van der Waals surface area contributed by atoms with Crippen molar-refractivity contribution in [2.75, 3.05) is 32.7 Å². The lowest BCUT2D eigenvalue weighted by Gasteiger charge is -2.41. The van der Waals surface area contributed by atoms with Gasteiger partial charge in [-0.15, -0.1) is 36.2 Å². The van der Waals surface area contributed by atoms with Crippen LogP contribution in [0, 0.1) is 0 Å². The van der Waals surface area contributed by atoms with E-state index in [0.29, 0.717) is 35.3 Å². The van der Waals surface area contributed by atoms with Crippen molar-refractivity contribution in [2.45, 2.75) is 18.9 Å². The molecule has 4 rings (SSSR count). The van der Waals surface area contributed by atoms with Gasteiger partial charge in [0, 0.05) is 32.2 Å². The maximum absolute atomic E-state index is 12.8. The molecule has 1 N–H and O–H groups in total. The molecule has 27 heavy (non-hydrogen) atoms. The second-order valence-electron chi connectivity index (χ2n) is 6.32. The van der Waals surface area contributed by atoms with E-state index < -0.39 is 0 Å². The fraction of sp³-hybridized carbons (Fsp3) is 0.471. The van der Waals surface area contributed by atoms with Crippen LogP contribution in [0.5, 0.6) is 0 Å². The number of nitrogens with one attached hydrogen (secondary N) is 1. The first-order valence-electron chi connectivity index (χ1n) is 8.51. The Balaban J connectivity index is 0.00000131. The maximum Gasteiger partial charge on any atom is 0.265 e. The van der Waals surface area contributed by atoms with Gasteiger partial charge in [-0.2, -0.15) is 0 Å². The number of rotatable bonds is 3. The molecule has 7 nitrogen and oxygen atoms in total. The van der Waals surface area contributed by atoms with Crippen LogP contribution in [-0.4, -0.2) is 65.4 Å². The summed E-state index contributed by atoms with van der Waals surface area (Å²) in [5.41, 5.74) is 0. The van der Waals surface area contributed by atoms with Gasteiger partial charge in [0.25, 0.3) is 5.91 Å². The van der Waals surface area contributed by atoms with Crippen molar-refractivity contribution in [3.05, 3.63) is 29.5 Å². The molecule has 0 aromatic carbocycles. The predicted octanol–water partition coefficient (Wildman–Crippen LogP) is 2.28. The van der Waals surface area contributed by atoms with Gasteiger partial charge >= 0.3 is 0 Å². The lowest BCUT2D eigenvalue weighted by atomic mass is 10.0. The SMILES string of the molecule is Cl.Cl.O=C(c1cnc(-c2ccco2)s1)N1CCCC(N2CCNCC2=O)C1. The highest BCUT2D eigenvalue weighted by Crippen LogP contribution is 2.27. The Bertz CT molecular complexity index is 768. The minimum atomic E-state index is -0.0115. The molecule has 0 bridgehead atoms. The van der Waals surface area contributed by atoms with Crippen LogP contribution in [0.4, 0.5) is 0 Å². The summed E-state index contributed by atoms with van der Waals surface area (Å²) >= 11 is 1.34. The molecule has 10 heteroatoms. The van der Waals surface area contributed by atoms with Crippen molar-refractivity contribution in [3.63, 3.8) is 0 Å². The number of hydrogen-bond acceptors (Lipinski definition) is 6. The number of thiazole rings is 1. The largest absolute Gasteiger partial charge is 0.462 e. The van der Waals surface area contributed by atoms with Gasteiger partial charge in [-0.25, -0.2) is 4.98 Å². The Morgan fingerprint density at radius 2 is 2.19 bits per heavy atom. The number of halogens is 2. The minimum Gasteiger partial charge on any atom is -0.462 e. The summed E-state index contributed by atoms with van der Waals surface area (Å²) < 4.78 is 5.34. The number of piperazine rings is 1. The summed E-state index contributed by atoms with van der Waals surface area (Å²) in [6.07, 6.45) is 5.08. The molecule has 2 aromatic heterocycles. The zero-order chi connectivity index (χ0) is 17.2. The predicted molar refractivity (Wildman–Crippen MR) is 108 cm³/mol. The van der Waals surface area contributed by atoms with Gasteiger partial charge in [0.05, 0.1) is 19.0 Å². The minimum absolute atomic E-state index is 0. The van der Waals surface area contributed by atoms with Gasteiger partial charge in [0.2, 0.25) is 5.91 Å². The number of carbonyl (C=O) groups is 2. The number of amides is 2. The molecular formula is C17H22Cl2N4O3S. The second kappa shape index (κ2) is 9.54. The van der Waals surface area contributed by atoms with Gasteiger partial charge in [-0.3, -0.25) is 9.59 Å². The number of aromatic nitrogens is 1. The fourth-order valence-electron chi connectivity index (χ4n) is 3.44. The number of hydrogen-bond donors (Lipinski definition) is 1. The summed E-state index contributed by atoms with van der Waals surface area (Å²) in [5, 5.41) is 3.80. The van der Waals surface area contributed by atoms with Crippen LogP contribution in [0.3, 0.4) is 0 Å². The van der Waals surface area contributed by atoms with E-state index in [1.54, 1.807) is 18.5 Å². The van der Waals surface area contributed by atoms with Crippen molar-refractivity contribution in [3.8, 4) is 10.8 Å². The molecular weight excluding hydrogens is 411 g/mol. The van der Waals surface area contributed by atoms with Gasteiger partial charge in [0.15, 0.2) is 10.8 Å². The molecule has 0 aliphatic carbocycles. The van der Waals surface area contributed by atoms with Gasteiger partial charge in [0.1, 0.15) is 4.88 Å². The molecule has 1 unspecified atom stereocenters. The first kappa shape index (κ1) is 21.7. The lowest BCUT2D eigenvalue weighted by molar-refractivity contribution is -0.135. The van der Waals surface area contributed by atoms with E-state index in [0.717, 1.165) is 25.9 Å². The van der Waals surface area contributed by atoms with E-state index in [-0.39, 0.29) is 42.7 Å². The monoisotopic (exact) mass is 432 g/mol. The second-order valence-corrected chi connectivity index (χ2v) is 7.35. The first-order valence-corrected chi connectivity index (χ1v) is 9.33. The van der Waals surface area contributed by atoms with E-state index in [2.05, 4.69) is 10.3 Å². The highest BCUT2D eigenvalue weighted by Gasteiger charge is 2.32. The number of likely N-dealkylation sites (tertiary alicyclic amines) is 1. The number of furan rings is 1. The molecule has 0 saturated carbocycles. The van der Waals surface area contributed by atoms with Crippen LogP contribution in [0.2, 0.25) is 0 Å². The van der Waals surface area contributed by atoms with Crippen LogP contribution in [0.15, 0.2) is 29.0 Å². The zero-order valence-corrected chi connectivity index (χ0v) is 17.1. The molecule has 2 amide bonds. The molecule has 1 atom stereocenters. The van der Waals surface area contributed by atoms with Crippen LogP contribution in [0.1, 0.15) is 22.5 Å². The van der Waals surface area contributed by atoms with Crippen molar-refractivity contribution < 1.29 is 14.0 Å². The van der Waals surface area contributed by atoms with E-state index in [9.17, 15) is 9.59 Å². The van der Waals surface area contributed by atoms with Crippen molar-refractivity contribution in [1.29, 1.82) is 0 Å². The molecule has 4 heterocycles. The van der Waals surface area contributed by atoms with Crippen molar-refractivity contribution >= 4 is 48.0 Å². The van der Waals surface area contributed by atoms with Crippen molar-refractivity contribution in [2.24, 2.45) is 0 Å². The third-order valence-electron chi connectivity index (χ3n) is 4.70. The standard InChI is InChI=1S/C17H20N4O3S.2ClH/c22-15-10-18-5-7-21(15)12-3-1-6-20(11-12)17(23)14-9-19-16(25-14)13-4-2-8-24-13;;/h2,4,8-9,12,18H,1,3,5-7,10-11H2;2*1H. The smallest absolute Gasteiger partial charge is 0.265 e. The van der Waals surface area contributed by atoms with E-state index in [4.69, 9.17) is 4.42 Å². The summed E-state index contributed by atoms with van der Waals surface area (Å²) in [6.45, 7) is 3.25. The molecule has 2 aromatic rings. The Kier molecular flexibility index (Phi) is 7.67. The molecule has 0 radical (unpaired) electrons. The number of carbonyl (C=O) groups excluding carboxylic acids is 2. The highest BCUT2D eigenvalue weighted by atomic mass is 35.5. The normalized spacial score (nSPS) is 20.0. The third kappa shape index (κ3) is 4.63. The molecule has 2 saturated heterocycles. The first-order chi connectivity index (χ1) is 12.2. The zero-order valence-electron chi connectivity index (χ0n) is 14.6. The molecule has 2 fully saturated rings. The summed E-state index contributed by atoms with van der Waals surface area (Å²) in [4.78, 5) is 33.6. The van der Waals surface area contributed by atoms with Crippen LogP contribution < -0.4 is 5.32 Å². The highest BCUT2D eigenvalue weighted by molar-refractivity contribution is 7.16. The fourth-order valence-corrected chi connectivity index (χ4v) is 4.30. The quantitative estimate of drug-likeness (QED) is 0.804. The van der Waals surface area contributed by atoms with Crippen LogP contribution in [-0.2, 0) is 4.79 Å². The topological polar surface area (TPSA) is 78.7 Å². The Morgan fingerprint density at radius 3 is 2.93 bits per heavy atom. The summed E-state index contributed by atoms with van der Waals surface area (Å²) in [5.74, 6) is 0.790. The van der Waals surface area contributed by atoms with E-state index in [1.165, 1.54) is 11.3 Å². The Labute approximate surface area is 173 Å². The van der Waals surface area contributed by atoms with Crippen LogP contribution in [0.25, 0.3) is 10.8 Å². The Morgan fingerprint density at radius 1 is 1.33 bits per heavy atom. The van der Waals surface area contributed by atoms with Crippen LogP contribution >= 0.6 is 36.2 Å². The molecule has 148 valence electrons. The maximum atomic E-state index is 12.8. The van der Waals surface area contributed by atoms with E-state index in [1.807, 2.05) is 15.9 Å². The van der Waals surface area contributed by atoms with Gasteiger partial charge in [-0.1, -0.05) is 0 Å². The third-order valence-corrected chi connectivity index (χ3v) is 5.70. The Hall–Kier alpha value is -1.61. The van der Waals surface area contributed by atoms with Crippen molar-refractivity contribution in [1.82, 2.24) is 20.1 Å². The summed E-state index contributed by atoms with van der Waals surface area (Å²) in [6, 6.07) is 3.75. The summed E-state index contributed by atoms with van der Waals surface area (Å²) in [7, 11) is 0. The van der Waals surface area contributed by atoms with Gasteiger partial charge in [-0.05, 0) is 25.0 Å². The molecule has 0 spiro atoms. The van der Waals surface area contributed by atoms with Gasteiger partial charge < -0.3 is 19.5 Å². The molecule has 2 aliphatic rings. The van der Waals surface area contributed by atoms with E-state index >= 15 is 0 Å². The molecule has 2 aliphatic heterocycles. The average molecular weight is 433 g/mol.